The van der Waals surface area contributed by atoms with Crippen LogP contribution in [0.15, 0.2) is 34.6 Å². The average Bonchev–Trinajstić information content (AvgIpc) is 3.11. The summed E-state index contributed by atoms with van der Waals surface area (Å²) in [5.74, 6) is 1.47. The summed E-state index contributed by atoms with van der Waals surface area (Å²) >= 11 is 1.70. The minimum atomic E-state index is -0.00421. The molecule has 0 atom stereocenters. The molecule has 6 nitrogen and oxygen atoms in total. The van der Waals surface area contributed by atoms with Gasteiger partial charge in [0.25, 0.3) is 0 Å². The fourth-order valence-electron chi connectivity index (χ4n) is 2.14. The second kappa shape index (κ2) is 9.02. The monoisotopic (exact) mass is 349 g/mol. The van der Waals surface area contributed by atoms with E-state index in [-0.39, 0.29) is 5.75 Å². The van der Waals surface area contributed by atoms with Crippen LogP contribution in [0, 0.1) is 0 Å². The van der Waals surface area contributed by atoms with Gasteiger partial charge in [0, 0.05) is 11.4 Å². The SMILES string of the molecule is CCNC(=NCc1cc(OC)c(O)c(OC)c1)NCc1cccs1. The molecule has 24 heavy (non-hydrogen) atoms. The van der Waals surface area contributed by atoms with Crippen LogP contribution in [0.2, 0.25) is 0 Å². The molecule has 0 saturated heterocycles. The van der Waals surface area contributed by atoms with Gasteiger partial charge in [0.15, 0.2) is 17.5 Å². The Labute approximate surface area is 146 Å². The molecular formula is C17H23N3O3S. The standard InChI is InChI=1S/C17H23N3O3S/c1-4-18-17(20-11-13-6-5-7-24-13)19-10-12-8-14(22-2)16(21)15(9-12)23-3/h5-9,21H,4,10-11H2,1-3H3,(H2,18,19,20). The maximum atomic E-state index is 9.96. The third kappa shape index (κ3) is 4.79. The van der Waals surface area contributed by atoms with Crippen LogP contribution in [0.4, 0.5) is 0 Å². The lowest BCUT2D eigenvalue weighted by atomic mass is 10.2. The summed E-state index contributed by atoms with van der Waals surface area (Å²) in [7, 11) is 3.02. The molecule has 0 bridgehead atoms. The van der Waals surface area contributed by atoms with Crippen LogP contribution in [-0.4, -0.2) is 31.8 Å². The van der Waals surface area contributed by atoms with E-state index in [9.17, 15) is 5.11 Å². The number of phenols is 1. The van der Waals surface area contributed by atoms with Crippen LogP contribution in [0.25, 0.3) is 0 Å². The topological polar surface area (TPSA) is 75.1 Å². The molecule has 2 rings (SSSR count). The van der Waals surface area contributed by atoms with Gasteiger partial charge in [0.1, 0.15) is 0 Å². The van der Waals surface area contributed by atoms with E-state index in [0.717, 1.165) is 24.6 Å². The fraction of sp³-hybridized carbons (Fsp3) is 0.353. The van der Waals surface area contributed by atoms with Crippen LogP contribution < -0.4 is 20.1 Å². The van der Waals surface area contributed by atoms with Crippen LogP contribution in [-0.2, 0) is 13.1 Å². The summed E-state index contributed by atoms with van der Waals surface area (Å²) in [5.41, 5.74) is 0.884. The summed E-state index contributed by atoms with van der Waals surface area (Å²) in [6.07, 6.45) is 0. The van der Waals surface area contributed by atoms with Crippen molar-refractivity contribution < 1.29 is 14.6 Å². The molecule has 3 N–H and O–H groups in total. The number of phenolic OH excluding ortho intramolecular Hbond substituents is 1. The van der Waals surface area contributed by atoms with Crippen molar-refractivity contribution in [3.63, 3.8) is 0 Å². The predicted molar refractivity (Wildman–Crippen MR) is 97.2 cm³/mol. The van der Waals surface area contributed by atoms with Crippen molar-refractivity contribution in [2.24, 2.45) is 4.99 Å². The van der Waals surface area contributed by atoms with E-state index >= 15 is 0 Å². The maximum Gasteiger partial charge on any atom is 0.200 e. The zero-order chi connectivity index (χ0) is 17.4. The number of aliphatic imine (C=N–C) groups is 1. The molecule has 1 aromatic carbocycles. The van der Waals surface area contributed by atoms with E-state index in [1.54, 1.807) is 23.5 Å². The van der Waals surface area contributed by atoms with Crippen LogP contribution in [0.3, 0.4) is 0 Å². The van der Waals surface area contributed by atoms with E-state index in [1.807, 2.05) is 13.0 Å². The third-order valence-corrected chi connectivity index (χ3v) is 4.19. The first-order chi connectivity index (χ1) is 11.7. The highest BCUT2D eigenvalue weighted by atomic mass is 32.1. The van der Waals surface area contributed by atoms with Gasteiger partial charge < -0.3 is 25.2 Å². The highest BCUT2D eigenvalue weighted by Gasteiger charge is 2.11. The van der Waals surface area contributed by atoms with Gasteiger partial charge in [-0.2, -0.15) is 0 Å². The van der Waals surface area contributed by atoms with Crippen molar-refractivity contribution in [1.29, 1.82) is 0 Å². The van der Waals surface area contributed by atoms with Crippen molar-refractivity contribution >= 4 is 17.3 Å². The Morgan fingerprint density at radius 2 is 1.92 bits per heavy atom. The smallest absolute Gasteiger partial charge is 0.200 e. The number of rotatable bonds is 7. The normalized spacial score (nSPS) is 11.2. The highest BCUT2D eigenvalue weighted by Crippen LogP contribution is 2.37. The van der Waals surface area contributed by atoms with Gasteiger partial charge in [-0.3, -0.25) is 0 Å². The first kappa shape index (κ1) is 17.9. The first-order valence-corrected chi connectivity index (χ1v) is 8.54. The molecule has 0 aliphatic carbocycles. The number of thiophene rings is 1. The first-order valence-electron chi connectivity index (χ1n) is 7.66. The minimum Gasteiger partial charge on any atom is -0.502 e. The van der Waals surface area contributed by atoms with Crippen LogP contribution in [0.5, 0.6) is 17.2 Å². The predicted octanol–water partition coefficient (Wildman–Crippen LogP) is 2.73. The van der Waals surface area contributed by atoms with Gasteiger partial charge in [-0.25, -0.2) is 4.99 Å². The molecule has 0 saturated carbocycles. The van der Waals surface area contributed by atoms with Gasteiger partial charge >= 0.3 is 0 Å². The molecule has 0 spiro atoms. The quantitative estimate of drug-likeness (QED) is 0.529. The van der Waals surface area contributed by atoms with Crippen molar-refractivity contribution in [1.82, 2.24) is 10.6 Å². The van der Waals surface area contributed by atoms with Crippen molar-refractivity contribution in [3.05, 3.63) is 40.1 Å². The maximum absolute atomic E-state index is 9.96. The second-order valence-electron chi connectivity index (χ2n) is 4.98. The number of hydrogen-bond acceptors (Lipinski definition) is 5. The second-order valence-corrected chi connectivity index (χ2v) is 6.01. The van der Waals surface area contributed by atoms with Crippen molar-refractivity contribution in [3.8, 4) is 17.2 Å². The summed E-state index contributed by atoms with van der Waals surface area (Å²) in [6.45, 7) is 3.96. The molecule has 7 heteroatoms. The van der Waals surface area contributed by atoms with Gasteiger partial charge in [0.05, 0.1) is 27.3 Å². The zero-order valence-corrected chi connectivity index (χ0v) is 14.9. The molecule has 0 amide bonds. The van der Waals surface area contributed by atoms with Crippen molar-refractivity contribution in [2.75, 3.05) is 20.8 Å². The summed E-state index contributed by atoms with van der Waals surface area (Å²) < 4.78 is 10.3. The number of guanidine groups is 1. The van der Waals surface area contributed by atoms with E-state index in [2.05, 4.69) is 27.1 Å². The number of hydrogen-bond donors (Lipinski definition) is 3. The van der Waals surface area contributed by atoms with E-state index in [0.29, 0.717) is 18.0 Å². The van der Waals surface area contributed by atoms with Gasteiger partial charge in [-0.15, -0.1) is 11.3 Å². The Morgan fingerprint density at radius 3 is 2.46 bits per heavy atom. The zero-order valence-electron chi connectivity index (χ0n) is 14.1. The molecule has 130 valence electrons. The Bertz CT molecular complexity index is 647. The molecule has 0 unspecified atom stereocenters. The summed E-state index contributed by atoms with van der Waals surface area (Å²) in [5, 5.41) is 18.5. The number of benzene rings is 1. The molecule has 2 aromatic rings. The number of methoxy groups -OCH3 is 2. The van der Waals surface area contributed by atoms with Crippen molar-refractivity contribution in [2.45, 2.75) is 20.0 Å². The average molecular weight is 349 g/mol. The lowest BCUT2D eigenvalue weighted by Gasteiger charge is -2.12. The lowest BCUT2D eigenvalue weighted by molar-refractivity contribution is 0.339. The molecule has 1 heterocycles. The number of ether oxygens (including phenoxy) is 2. The molecule has 1 aromatic heterocycles. The van der Waals surface area contributed by atoms with Gasteiger partial charge in [-0.05, 0) is 36.1 Å². The van der Waals surface area contributed by atoms with Gasteiger partial charge in [0.2, 0.25) is 5.75 Å². The van der Waals surface area contributed by atoms with E-state index in [1.165, 1.54) is 19.1 Å². The Kier molecular flexibility index (Phi) is 6.74. The Balaban J connectivity index is 2.09. The number of nitrogens with one attached hydrogen (secondary N) is 2. The largest absolute Gasteiger partial charge is 0.502 e. The number of aromatic hydroxyl groups is 1. The fourth-order valence-corrected chi connectivity index (χ4v) is 2.78. The summed E-state index contributed by atoms with van der Waals surface area (Å²) in [4.78, 5) is 5.81. The molecule has 0 fully saturated rings. The molecular weight excluding hydrogens is 326 g/mol. The van der Waals surface area contributed by atoms with E-state index < -0.39 is 0 Å². The highest BCUT2D eigenvalue weighted by molar-refractivity contribution is 7.09. The number of nitrogens with zero attached hydrogens (tertiary/aromatic N) is 1. The Hall–Kier alpha value is -2.41. The third-order valence-electron chi connectivity index (χ3n) is 3.31. The minimum absolute atomic E-state index is 0.00421. The molecule has 0 aliphatic rings. The molecule has 0 aliphatic heterocycles. The van der Waals surface area contributed by atoms with Gasteiger partial charge in [-0.1, -0.05) is 6.07 Å². The van der Waals surface area contributed by atoms with Crippen LogP contribution >= 0.6 is 11.3 Å². The van der Waals surface area contributed by atoms with E-state index in [4.69, 9.17) is 9.47 Å². The summed E-state index contributed by atoms with van der Waals surface area (Å²) in [6, 6.07) is 7.62. The molecule has 0 radical (unpaired) electrons. The van der Waals surface area contributed by atoms with Crippen LogP contribution in [0.1, 0.15) is 17.4 Å². The Morgan fingerprint density at radius 1 is 1.21 bits per heavy atom. The lowest BCUT2D eigenvalue weighted by Crippen LogP contribution is -2.36.